The van der Waals surface area contributed by atoms with Gasteiger partial charge in [0.2, 0.25) is 6.41 Å². The van der Waals surface area contributed by atoms with Gasteiger partial charge in [-0.1, -0.05) is 18.2 Å². The first-order chi connectivity index (χ1) is 18.0. The first-order valence-electron chi connectivity index (χ1n) is 12.7. The third-order valence-electron chi connectivity index (χ3n) is 7.19. The molecular weight excluding hydrogens is 472 g/mol. The second-order valence-electron chi connectivity index (χ2n) is 9.58. The van der Waals surface area contributed by atoms with Gasteiger partial charge in [-0.2, -0.15) is 0 Å². The lowest BCUT2D eigenvalue weighted by Gasteiger charge is -2.30. The minimum atomic E-state index is -0.280. The Morgan fingerprint density at radius 2 is 1.59 bits per heavy atom. The minimum Gasteiger partial charge on any atom is -0.379 e. The molecule has 0 saturated carbocycles. The van der Waals surface area contributed by atoms with Gasteiger partial charge in [-0.3, -0.25) is 9.69 Å². The Hall–Kier alpha value is -3.55. The van der Waals surface area contributed by atoms with Crippen molar-refractivity contribution in [3.8, 4) is 0 Å². The van der Waals surface area contributed by atoms with E-state index in [1.54, 1.807) is 24.3 Å². The molecule has 1 fully saturated rings. The summed E-state index contributed by atoms with van der Waals surface area (Å²) >= 11 is 0. The zero-order valence-electron chi connectivity index (χ0n) is 21.0. The number of ether oxygens (including phenoxy) is 1. The van der Waals surface area contributed by atoms with Gasteiger partial charge < -0.3 is 15.0 Å². The fraction of sp³-hybridized carbons (Fsp3) is 0.300. The Bertz CT molecular complexity index is 1260. The average molecular weight is 504 g/mol. The van der Waals surface area contributed by atoms with Gasteiger partial charge >= 0.3 is 0 Å². The van der Waals surface area contributed by atoms with Crippen LogP contribution >= 0.6 is 0 Å². The van der Waals surface area contributed by atoms with Crippen LogP contribution in [0.3, 0.4) is 0 Å². The number of aryl methyl sites for hydroxylation is 2. The average Bonchev–Trinajstić information content (AvgIpc) is 3.04. The van der Waals surface area contributed by atoms with Crippen LogP contribution in [0.2, 0.25) is 0 Å². The second kappa shape index (κ2) is 11.2. The van der Waals surface area contributed by atoms with Crippen LogP contribution in [0.25, 0.3) is 11.6 Å². The number of amides is 1. The summed E-state index contributed by atoms with van der Waals surface area (Å²) in [5.41, 5.74) is 7.09. The van der Waals surface area contributed by atoms with Crippen molar-refractivity contribution in [3.63, 3.8) is 0 Å². The van der Waals surface area contributed by atoms with E-state index in [0.29, 0.717) is 24.9 Å². The lowest BCUT2D eigenvalue weighted by atomic mass is 9.92. The van der Waals surface area contributed by atoms with E-state index in [1.807, 2.05) is 31.3 Å². The van der Waals surface area contributed by atoms with Gasteiger partial charge in [-0.25, -0.2) is 8.78 Å². The lowest BCUT2D eigenvalue weighted by molar-refractivity contribution is -0.105. The number of anilines is 2. The van der Waals surface area contributed by atoms with E-state index in [0.717, 1.165) is 78.5 Å². The van der Waals surface area contributed by atoms with Gasteiger partial charge in [0.05, 0.1) is 24.6 Å². The summed E-state index contributed by atoms with van der Waals surface area (Å²) in [5.74, 6) is -0.561. The first-order valence-corrected chi connectivity index (χ1v) is 12.7. The standard InChI is InChI=1S/C30H31F2N3O2/c1-34(10-11-35-12-14-37-15-13-35)30-9-2-21(17-29(30)33-20-36)16-28-26-7-5-24(31)18-22(26)3-4-23-19-25(32)6-8-27(23)28/h2,5-9,16-20H,3-4,10-15H2,1H3,(H,33,36). The predicted molar refractivity (Wildman–Crippen MR) is 144 cm³/mol. The Labute approximate surface area is 216 Å². The number of nitrogens with zero attached hydrogens (tertiary/aromatic N) is 2. The molecule has 0 spiro atoms. The van der Waals surface area contributed by atoms with Crippen molar-refractivity contribution in [2.24, 2.45) is 0 Å². The highest BCUT2D eigenvalue weighted by atomic mass is 19.1. The summed E-state index contributed by atoms with van der Waals surface area (Å²) in [7, 11) is 2.02. The van der Waals surface area contributed by atoms with Gasteiger partial charge in [-0.15, -0.1) is 0 Å². The van der Waals surface area contributed by atoms with Crippen molar-refractivity contribution in [2.45, 2.75) is 12.8 Å². The van der Waals surface area contributed by atoms with Gasteiger partial charge in [-0.05, 0) is 88.7 Å². The third-order valence-corrected chi connectivity index (χ3v) is 7.19. The molecule has 2 aliphatic rings. The van der Waals surface area contributed by atoms with E-state index < -0.39 is 0 Å². The molecule has 0 radical (unpaired) electrons. The van der Waals surface area contributed by atoms with Gasteiger partial charge in [0.1, 0.15) is 11.6 Å². The monoisotopic (exact) mass is 503 g/mol. The molecule has 0 aromatic heterocycles. The molecule has 1 amide bonds. The molecular formula is C30H31F2N3O2. The van der Waals surface area contributed by atoms with Crippen molar-refractivity contribution < 1.29 is 18.3 Å². The van der Waals surface area contributed by atoms with Crippen LogP contribution < -0.4 is 10.2 Å². The van der Waals surface area contributed by atoms with E-state index in [4.69, 9.17) is 4.74 Å². The summed E-state index contributed by atoms with van der Waals surface area (Å²) in [6, 6.07) is 15.6. The summed E-state index contributed by atoms with van der Waals surface area (Å²) in [4.78, 5) is 16.0. The molecule has 1 heterocycles. The molecule has 0 bridgehead atoms. The summed E-state index contributed by atoms with van der Waals surface area (Å²) in [6.07, 6.45) is 3.98. The number of hydrogen-bond donors (Lipinski definition) is 1. The highest BCUT2D eigenvalue weighted by molar-refractivity contribution is 5.95. The number of nitrogens with one attached hydrogen (secondary N) is 1. The van der Waals surface area contributed by atoms with E-state index in [1.165, 1.54) is 12.1 Å². The number of likely N-dealkylation sites (N-methyl/N-ethyl adjacent to an activating group) is 1. The maximum absolute atomic E-state index is 14.1. The molecule has 37 heavy (non-hydrogen) atoms. The molecule has 0 unspecified atom stereocenters. The largest absolute Gasteiger partial charge is 0.379 e. The van der Waals surface area contributed by atoms with Crippen molar-refractivity contribution in [1.29, 1.82) is 0 Å². The second-order valence-corrected chi connectivity index (χ2v) is 9.58. The Kier molecular flexibility index (Phi) is 7.63. The molecule has 1 aliphatic carbocycles. The summed E-state index contributed by atoms with van der Waals surface area (Å²) < 4.78 is 33.6. The summed E-state index contributed by atoms with van der Waals surface area (Å²) in [5, 5.41) is 2.85. The Morgan fingerprint density at radius 3 is 2.22 bits per heavy atom. The topological polar surface area (TPSA) is 44.8 Å². The number of morpholine rings is 1. The highest BCUT2D eigenvalue weighted by Crippen LogP contribution is 2.37. The van der Waals surface area contributed by atoms with Crippen molar-refractivity contribution >= 4 is 29.4 Å². The van der Waals surface area contributed by atoms with Gasteiger partial charge in [0.25, 0.3) is 0 Å². The minimum absolute atomic E-state index is 0.280. The fourth-order valence-corrected chi connectivity index (χ4v) is 5.19. The van der Waals surface area contributed by atoms with Crippen LogP contribution in [0.4, 0.5) is 20.2 Å². The molecule has 3 aromatic carbocycles. The van der Waals surface area contributed by atoms with Crippen molar-refractivity contribution in [3.05, 3.63) is 94.0 Å². The predicted octanol–water partition coefficient (Wildman–Crippen LogP) is 4.99. The van der Waals surface area contributed by atoms with Crippen LogP contribution in [0, 0.1) is 11.6 Å². The van der Waals surface area contributed by atoms with E-state index in [9.17, 15) is 13.6 Å². The molecule has 5 rings (SSSR count). The molecule has 0 atom stereocenters. The van der Waals surface area contributed by atoms with Crippen LogP contribution in [-0.4, -0.2) is 57.8 Å². The lowest BCUT2D eigenvalue weighted by Crippen LogP contribution is -2.40. The Morgan fingerprint density at radius 1 is 0.946 bits per heavy atom. The molecule has 1 aliphatic heterocycles. The zero-order chi connectivity index (χ0) is 25.8. The maximum Gasteiger partial charge on any atom is 0.211 e. The number of benzene rings is 3. The molecule has 192 valence electrons. The number of carbonyl (C=O) groups is 1. The van der Waals surface area contributed by atoms with Crippen molar-refractivity contribution in [1.82, 2.24) is 4.90 Å². The number of rotatable bonds is 7. The number of carbonyl (C=O) groups excluding carboxylic acids is 1. The summed E-state index contributed by atoms with van der Waals surface area (Å²) in [6.45, 7) is 5.10. The van der Waals surface area contributed by atoms with Gasteiger partial charge in [0.15, 0.2) is 0 Å². The van der Waals surface area contributed by atoms with Crippen LogP contribution in [0.5, 0.6) is 0 Å². The number of halogens is 2. The molecule has 7 heteroatoms. The molecule has 3 aromatic rings. The van der Waals surface area contributed by atoms with E-state index in [2.05, 4.69) is 15.1 Å². The number of hydrogen-bond acceptors (Lipinski definition) is 4. The third kappa shape index (κ3) is 5.73. The molecule has 5 nitrogen and oxygen atoms in total. The Balaban J connectivity index is 1.50. The SMILES string of the molecule is CN(CCN1CCOCC1)c1ccc(C=C2c3ccc(F)cc3CCc3cc(F)ccc32)cc1NC=O. The zero-order valence-corrected chi connectivity index (χ0v) is 21.0. The molecule has 1 N–H and O–H groups in total. The van der Waals surface area contributed by atoms with Crippen LogP contribution in [0.1, 0.15) is 27.8 Å². The van der Waals surface area contributed by atoms with E-state index >= 15 is 0 Å². The molecule has 1 saturated heterocycles. The normalized spacial score (nSPS) is 15.4. The van der Waals surface area contributed by atoms with Gasteiger partial charge in [0, 0.05) is 33.2 Å². The quantitative estimate of drug-likeness (QED) is 0.462. The van der Waals surface area contributed by atoms with Crippen LogP contribution in [-0.2, 0) is 22.4 Å². The van der Waals surface area contributed by atoms with Crippen molar-refractivity contribution in [2.75, 3.05) is 56.7 Å². The fourth-order valence-electron chi connectivity index (χ4n) is 5.19. The van der Waals surface area contributed by atoms with Crippen LogP contribution in [0.15, 0.2) is 54.6 Å². The van der Waals surface area contributed by atoms with E-state index in [-0.39, 0.29) is 11.6 Å². The smallest absolute Gasteiger partial charge is 0.211 e. The highest BCUT2D eigenvalue weighted by Gasteiger charge is 2.20. The number of fused-ring (bicyclic) bond motifs is 2. The maximum atomic E-state index is 14.1. The first kappa shape index (κ1) is 25.1.